The van der Waals surface area contributed by atoms with Crippen LogP contribution < -0.4 is 0 Å². The van der Waals surface area contributed by atoms with E-state index < -0.39 is 0 Å². The summed E-state index contributed by atoms with van der Waals surface area (Å²) in [6.45, 7) is 3.29. The minimum Gasteiger partial charge on any atom is -0.295 e. The Morgan fingerprint density at radius 3 is 2.45 bits per heavy atom. The molecular formula is C17H18BrNO. The van der Waals surface area contributed by atoms with Gasteiger partial charge in [0.05, 0.1) is 6.54 Å². The predicted molar refractivity (Wildman–Crippen MR) is 86.0 cm³/mol. The fourth-order valence-corrected chi connectivity index (χ4v) is 2.66. The average Bonchev–Trinajstić information content (AvgIpc) is 2.41. The van der Waals surface area contributed by atoms with Gasteiger partial charge in [0.1, 0.15) is 0 Å². The highest BCUT2D eigenvalue weighted by Gasteiger charge is 2.12. The fraction of sp³-hybridized carbons (Fsp3) is 0.235. The summed E-state index contributed by atoms with van der Waals surface area (Å²) in [4.78, 5) is 14.3. The molecule has 0 saturated heterocycles. The molecule has 0 N–H and O–H groups in total. The normalized spacial score (nSPS) is 10.8. The van der Waals surface area contributed by atoms with E-state index in [1.165, 1.54) is 11.1 Å². The van der Waals surface area contributed by atoms with Gasteiger partial charge in [0.15, 0.2) is 5.78 Å². The van der Waals surface area contributed by atoms with Crippen LogP contribution >= 0.6 is 15.9 Å². The zero-order chi connectivity index (χ0) is 14.5. The van der Waals surface area contributed by atoms with E-state index in [4.69, 9.17) is 0 Å². The molecule has 2 nitrogen and oxygen atoms in total. The van der Waals surface area contributed by atoms with Gasteiger partial charge in [0.2, 0.25) is 0 Å². The molecule has 2 rings (SSSR count). The molecule has 0 aliphatic rings. The van der Waals surface area contributed by atoms with Crippen LogP contribution in [0.2, 0.25) is 0 Å². The monoisotopic (exact) mass is 331 g/mol. The molecule has 0 aliphatic heterocycles. The Hall–Kier alpha value is -1.45. The van der Waals surface area contributed by atoms with Crippen molar-refractivity contribution in [3.63, 3.8) is 0 Å². The number of rotatable bonds is 5. The van der Waals surface area contributed by atoms with Gasteiger partial charge in [-0.25, -0.2) is 0 Å². The molecule has 0 fully saturated rings. The molecule has 0 spiro atoms. The van der Waals surface area contributed by atoms with Gasteiger partial charge in [0, 0.05) is 16.6 Å². The number of Topliss-reactive ketones (excluding diaryl/α,β-unsaturated/α-hetero) is 1. The van der Waals surface area contributed by atoms with Crippen molar-refractivity contribution >= 4 is 21.7 Å². The first kappa shape index (κ1) is 14.9. The SMILES string of the molecule is Cc1ccccc1CN(C)CC(=O)c1ccccc1Br. The number of nitrogens with zero attached hydrogens (tertiary/aromatic N) is 1. The zero-order valence-corrected chi connectivity index (χ0v) is 13.4. The van der Waals surface area contributed by atoms with Crippen LogP contribution in [0.5, 0.6) is 0 Å². The Labute approximate surface area is 128 Å². The number of carbonyl (C=O) groups is 1. The number of ketones is 1. The second-order valence-electron chi connectivity index (χ2n) is 5.00. The molecule has 0 atom stereocenters. The third-order valence-corrected chi connectivity index (χ3v) is 3.98. The molecule has 0 bridgehead atoms. The van der Waals surface area contributed by atoms with Gasteiger partial charge in [-0.2, -0.15) is 0 Å². The highest BCUT2D eigenvalue weighted by molar-refractivity contribution is 9.10. The lowest BCUT2D eigenvalue weighted by Gasteiger charge is -2.17. The lowest BCUT2D eigenvalue weighted by molar-refractivity contribution is 0.0942. The largest absolute Gasteiger partial charge is 0.295 e. The molecule has 0 aromatic heterocycles. The van der Waals surface area contributed by atoms with E-state index in [1.807, 2.05) is 48.3 Å². The van der Waals surface area contributed by atoms with Crippen LogP contribution in [-0.4, -0.2) is 24.3 Å². The van der Waals surface area contributed by atoms with Crippen molar-refractivity contribution in [2.45, 2.75) is 13.5 Å². The van der Waals surface area contributed by atoms with E-state index in [9.17, 15) is 4.79 Å². The number of aryl methyl sites for hydroxylation is 1. The Balaban J connectivity index is 2.02. The highest BCUT2D eigenvalue weighted by Crippen LogP contribution is 2.17. The molecule has 0 saturated carbocycles. The maximum absolute atomic E-state index is 12.3. The van der Waals surface area contributed by atoms with Crippen molar-refractivity contribution < 1.29 is 4.79 Å². The van der Waals surface area contributed by atoms with E-state index in [0.29, 0.717) is 6.54 Å². The van der Waals surface area contributed by atoms with Crippen LogP contribution in [0, 0.1) is 6.92 Å². The molecule has 0 amide bonds. The van der Waals surface area contributed by atoms with Crippen LogP contribution in [0.1, 0.15) is 21.5 Å². The van der Waals surface area contributed by atoms with Crippen LogP contribution in [0.4, 0.5) is 0 Å². The summed E-state index contributed by atoms with van der Waals surface area (Å²) in [5.41, 5.74) is 3.26. The Morgan fingerprint density at radius 1 is 1.10 bits per heavy atom. The molecular weight excluding hydrogens is 314 g/mol. The maximum Gasteiger partial charge on any atom is 0.177 e. The maximum atomic E-state index is 12.3. The van der Waals surface area contributed by atoms with E-state index >= 15 is 0 Å². The molecule has 20 heavy (non-hydrogen) atoms. The Morgan fingerprint density at radius 2 is 1.75 bits per heavy atom. The lowest BCUT2D eigenvalue weighted by atomic mass is 10.1. The molecule has 104 valence electrons. The number of hydrogen-bond acceptors (Lipinski definition) is 2. The lowest BCUT2D eigenvalue weighted by Crippen LogP contribution is -2.26. The summed E-state index contributed by atoms with van der Waals surface area (Å²) in [7, 11) is 1.97. The van der Waals surface area contributed by atoms with Gasteiger partial charge in [0.25, 0.3) is 0 Å². The van der Waals surface area contributed by atoms with Crippen molar-refractivity contribution in [2.75, 3.05) is 13.6 Å². The third-order valence-electron chi connectivity index (χ3n) is 3.29. The molecule has 0 radical (unpaired) electrons. The highest BCUT2D eigenvalue weighted by atomic mass is 79.9. The average molecular weight is 332 g/mol. The number of halogens is 1. The first-order valence-electron chi connectivity index (χ1n) is 6.58. The van der Waals surface area contributed by atoms with Crippen LogP contribution in [0.15, 0.2) is 53.0 Å². The first-order valence-corrected chi connectivity index (χ1v) is 7.38. The molecule has 2 aromatic rings. The van der Waals surface area contributed by atoms with Gasteiger partial charge in [-0.15, -0.1) is 0 Å². The summed E-state index contributed by atoms with van der Waals surface area (Å²) >= 11 is 3.43. The smallest absolute Gasteiger partial charge is 0.177 e. The quantitative estimate of drug-likeness (QED) is 0.769. The molecule has 0 heterocycles. The van der Waals surface area contributed by atoms with Crippen molar-refractivity contribution in [1.29, 1.82) is 0 Å². The van der Waals surface area contributed by atoms with Gasteiger partial charge < -0.3 is 0 Å². The van der Waals surface area contributed by atoms with Crippen molar-refractivity contribution in [1.82, 2.24) is 4.90 Å². The Kier molecular flexibility index (Phi) is 5.10. The van der Waals surface area contributed by atoms with Gasteiger partial charge >= 0.3 is 0 Å². The van der Waals surface area contributed by atoms with Crippen molar-refractivity contribution in [3.05, 3.63) is 69.7 Å². The second kappa shape index (κ2) is 6.82. The van der Waals surface area contributed by atoms with E-state index in [0.717, 1.165) is 16.6 Å². The number of carbonyl (C=O) groups excluding carboxylic acids is 1. The minimum absolute atomic E-state index is 0.133. The third kappa shape index (κ3) is 3.78. The standard InChI is InChI=1S/C17H18BrNO/c1-13-7-3-4-8-14(13)11-19(2)12-17(20)15-9-5-6-10-16(15)18/h3-10H,11-12H2,1-2H3. The summed E-state index contributed by atoms with van der Waals surface area (Å²) in [5.74, 6) is 0.133. The molecule has 3 heteroatoms. The summed E-state index contributed by atoms with van der Waals surface area (Å²) < 4.78 is 0.856. The van der Waals surface area contributed by atoms with Crippen molar-refractivity contribution in [3.8, 4) is 0 Å². The number of benzene rings is 2. The van der Waals surface area contributed by atoms with Crippen LogP contribution in [0.25, 0.3) is 0 Å². The van der Waals surface area contributed by atoms with Crippen molar-refractivity contribution in [2.24, 2.45) is 0 Å². The topological polar surface area (TPSA) is 20.3 Å². The van der Waals surface area contributed by atoms with E-state index in [2.05, 4.69) is 35.0 Å². The van der Waals surface area contributed by atoms with E-state index in [-0.39, 0.29) is 5.78 Å². The van der Waals surface area contributed by atoms with Gasteiger partial charge in [-0.05, 0) is 31.2 Å². The molecule has 2 aromatic carbocycles. The van der Waals surface area contributed by atoms with E-state index in [1.54, 1.807) is 0 Å². The Bertz CT molecular complexity index is 609. The minimum atomic E-state index is 0.133. The zero-order valence-electron chi connectivity index (χ0n) is 11.8. The predicted octanol–water partition coefficient (Wildman–Crippen LogP) is 4.07. The number of hydrogen-bond donors (Lipinski definition) is 0. The summed E-state index contributed by atoms with van der Waals surface area (Å²) in [6, 6.07) is 15.8. The van der Waals surface area contributed by atoms with Crippen LogP contribution in [0.3, 0.4) is 0 Å². The summed E-state index contributed by atoms with van der Waals surface area (Å²) in [5, 5.41) is 0. The summed E-state index contributed by atoms with van der Waals surface area (Å²) in [6.07, 6.45) is 0. The van der Waals surface area contributed by atoms with Crippen LogP contribution in [-0.2, 0) is 6.54 Å². The second-order valence-corrected chi connectivity index (χ2v) is 5.86. The fourth-order valence-electron chi connectivity index (χ4n) is 2.15. The van der Waals surface area contributed by atoms with Gasteiger partial charge in [-0.3, -0.25) is 9.69 Å². The van der Waals surface area contributed by atoms with Gasteiger partial charge in [-0.1, -0.05) is 58.4 Å². The molecule has 0 unspecified atom stereocenters. The number of likely N-dealkylation sites (N-methyl/N-ethyl adjacent to an activating group) is 1. The first-order chi connectivity index (χ1) is 9.58. The molecule has 0 aliphatic carbocycles.